The fourth-order valence-corrected chi connectivity index (χ4v) is 3.37. The molecule has 2 fully saturated rings. The van der Waals surface area contributed by atoms with Crippen LogP contribution in [0.5, 0.6) is 0 Å². The summed E-state index contributed by atoms with van der Waals surface area (Å²) in [7, 11) is 0. The SMILES string of the molecule is Nc1cc(CC2(O)CCN3CCCC32)ccn1. The standard InChI is InChI=1S/C13H19N3O/c14-12-8-10(3-5-15-12)9-13(17)4-7-16-6-1-2-11(13)16/h3,5,8,11,17H,1-2,4,6-7,9H2,(H2,14,15). The van der Waals surface area contributed by atoms with Crippen LogP contribution in [0.15, 0.2) is 18.3 Å². The third-order valence-electron chi connectivity index (χ3n) is 4.17. The molecule has 0 aliphatic carbocycles. The minimum atomic E-state index is -0.565. The highest BCUT2D eigenvalue weighted by Gasteiger charge is 2.47. The minimum Gasteiger partial charge on any atom is -0.388 e. The summed E-state index contributed by atoms with van der Waals surface area (Å²) < 4.78 is 0. The van der Waals surface area contributed by atoms with E-state index >= 15 is 0 Å². The van der Waals surface area contributed by atoms with Crippen LogP contribution in [0.25, 0.3) is 0 Å². The van der Waals surface area contributed by atoms with Gasteiger partial charge in [0, 0.05) is 25.2 Å². The summed E-state index contributed by atoms with van der Waals surface area (Å²) in [6.45, 7) is 2.17. The summed E-state index contributed by atoms with van der Waals surface area (Å²) in [5.41, 5.74) is 6.21. The fraction of sp³-hybridized carbons (Fsp3) is 0.615. The van der Waals surface area contributed by atoms with Gasteiger partial charge in [-0.25, -0.2) is 4.98 Å². The Balaban J connectivity index is 1.80. The molecule has 4 heteroatoms. The number of anilines is 1. The maximum atomic E-state index is 10.8. The number of nitrogens with two attached hydrogens (primary N) is 1. The largest absolute Gasteiger partial charge is 0.388 e. The van der Waals surface area contributed by atoms with Crippen molar-refractivity contribution >= 4 is 5.82 Å². The van der Waals surface area contributed by atoms with Gasteiger partial charge in [-0.05, 0) is 43.5 Å². The molecule has 2 saturated heterocycles. The van der Waals surface area contributed by atoms with Crippen LogP contribution in [-0.2, 0) is 6.42 Å². The lowest BCUT2D eigenvalue weighted by Gasteiger charge is -2.30. The highest BCUT2D eigenvalue weighted by atomic mass is 16.3. The lowest BCUT2D eigenvalue weighted by molar-refractivity contribution is 0.0141. The van der Waals surface area contributed by atoms with Crippen LogP contribution >= 0.6 is 0 Å². The van der Waals surface area contributed by atoms with Crippen molar-refractivity contribution < 1.29 is 5.11 Å². The lowest BCUT2D eigenvalue weighted by atomic mass is 9.86. The Bertz CT molecular complexity index is 423. The summed E-state index contributed by atoms with van der Waals surface area (Å²) in [6.07, 6.45) is 5.62. The molecule has 1 aromatic heterocycles. The van der Waals surface area contributed by atoms with E-state index in [1.54, 1.807) is 6.20 Å². The first-order valence-corrected chi connectivity index (χ1v) is 6.34. The molecule has 2 aliphatic heterocycles. The summed E-state index contributed by atoms with van der Waals surface area (Å²) in [6, 6.07) is 4.17. The van der Waals surface area contributed by atoms with Crippen molar-refractivity contribution in [3.8, 4) is 0 Å². The van der Waals surface area contributed by atoms with Crippen LogP contribution in [0.3, 0.4) is 0 Å². The summed E-state index contributed by atoms with van der Waals surface area (Å²) >= 11 is 0. The van der Waals surface area contributed by atoms with Crippen molar-refractivity contribution in [2.45, 2.75) is 37.3 Å². The van der Waals surface area contributed by atoms with Gasteiger partial charge in [0.25, 0.3) is 0 Å². The molecule has 0 amide bonds. The molecule has 2 aliphatic rings. The van der Waals surface area contributed by atoms with Crippen molar-refractivity contribution in [2.24, 2.45) is 0 Å². The van der Waals surface area contributed by atoms with E-state index < -0.39 is 5.60 Å². The van der Waals surface area contributed by atoms with E-state index in [1.165, 1.54) is 6.42 Å². The Morgan fingerprint density at radius 3 is 3.24 bits per heavy atom. The molecule has 2 atom stereocenters. The van der Waals surface area contributed by atoms with Gasteiger partial charge in [0.15, 0.2) is 0 Å². The molecule has 0 spiro atoms. The molecular weight excluding hydrogens is 214 g/mol. The molecule has 0 bridgehead atoms. The van der Waals surface area contributed by atoms with Crippen LogP contribution in [0.2, 0.25) is 0 Å². The molecular formula is C13H19N3O. The zero-order chi connectivity index (χ0) is 11.9. The number of hydrogen-bond acceptors (Lipinski definition) is 4. The second-order valence-corrected chi connectivity index (χ2v) is 5.31. The van der Waals surface area contributed by atoms with Crippen LogP contribution in [0.1, 0.15) is 24.8 Å². The average Bonchev–Trinajstić information content (AvgIpc) is 2.84. The predicted molar refractivity (Wildman–Crippen MR) is 66.5 cm³/mol. The van der Waals surface area contributed by atoms with Gasteiger partial charge in [0.1, 0.15) is 5.82 Å². The van der Waals surface area contributed by atoms with Gasteiger partial charge in [-0.1, -0.05) is 0 Å². The number of aliphatic hydroxyl groups is 1. The number of fused-ring (bicyclic) bond motifs is 1. The Kier molecular flexibility index (Phi) is 2.56. The van der Waals surface area contributed by atoms with E-state index in [1.807, 2.05) is 12.1 Å². The Morgan fingerprint density at radius 2 is 2.41 bits per heavy atom. The summed E-state index contributed by atoms with van der Waals surface area (Å²) in [5.74, 6) is 0.535. The van der Waals surface area contributed by atoms with Crippen molar-refractivity contribution in [3.05, 3.63) is 23.9 Å². The molecule has 4 nitrogen and oxygen atoms in total. The Hall–Kier alpha value is -1.13. The summed E-state index contributed by atoms with van der Waals surface area (Å²) in [4.78, 5) is 6.41. The second kappa shape index (κ2) is 3.96. The maximum Gasteiger partial charge on any atom is 0.123 e. The lowest BCUT2D eigenvalue weighted by Crippen LogP contribution is -2.43. The van der Waals surface area contributed by atoms with E-state index in [0.29, 0.717) is 18.3 Å². The zero-order valence-electron chi connectivity index (χ0n) is 9.97. The van der Waals surface area contributed by atoms with E-state index in [0.717, 1.165) is 31.5 Å². The van der Waals surface area contributed by atoms with Crippen molar-refractivity contribution in [3.63, 3.8) is 0 Å². The molecule has 0 saturated carbocycles. The second-order valence-electron chi connectivity index (χ2n) is 5.31. The van der Waals surface area contributed by atoms with E-state index in [9.17, 15) is 5.11 Å². The molecule has 3 N–H and O–H groups in total. The molecule has 92 valence electrons. The van der Waals surface area contributed by atoms with Gasteiger partial charge in [0.2, 0.25) is 0 Å². The Labute approximate surface area is 101 Å². The first-order valence-electron chi connectivity index (χ1n) is 6.34. The third kappa shape index (κ3) is 1.91. The molecule has 17 heavy (non-hydrogen) atoms. The zero-order valence-corrected chi connectivity index (χ0v) is 9.97. The number of rotatable bonds is 2. The number of pyridine rings is 1. The van der Waals surface area contributed by atoms with E-state index in [-0.39, 0.29) is 0 Å². The summed E-state index contributed by atoms with van der Waals surface area (Å²) in [5, 5.41) is 10.8. The number of aromatic nitrogens is 1. The quantitative estimate of drug-likeness (QED) is 0.793. The van der Waals surface area contributed by atoms with Gasteiger partial charge in [-0.2, -0.15) is 0 Å². The van der Waals surface area contributed by atoms with E-state index in [2.05, 4.69) is 9.88 Å². The van der Waals surface area contributed by atoms with Gasteiger partial charge in [-0.3, -0.25) is 4.90 Å². The Morgan fingerprint density at radius 1 is 1.53 bits per heavy atom. The highest BCUT2D eigenvalue weighted by Crippen LogP contribution is 2.38. The average molecular weight is 233 g/mol. The molecule has 3 heterocycles. The van der Waals surface area contributed by atoms with Gasteiger partial charge in [0.05, 0.1) is 5.60 Å². The van der Waals surface area contributed by atoms with Crippen LogP contribution in [-0.4, -0.2) is 39.7 Å². The molecule has 0 radical (unpaired) electrons. The number of nitrogen functional groups attached to an aromatic ring is 1. The normalized spacial score (nSPS) is 32.9. The van der Waals surface area contributed by atoms with E-state index in [4.69, 9.17) is 5.73 Å². The topological polar surface area (TPSA) is 62.4 Å². The minimum absolute atomic E-state index is 0.344. The van der Waals surface area contributed by atoms with Gasteiger partial charge < -0.3 is 10.8 Å². The number of nitrogens with zero attached hydrogens (tertiary/aromatic N) is 2. The van der Waals surface area contributed by atoms with Gasteiger partial charge in [-0.15, -0.1) is 0 Å². The molecule has 2 unspecified atom stereocenters. The van der Waals surface area contributed by atoms with Crippen LogP contribution in [0.4, 0.5) is 5.82 Å². The van der Waals surface area contributed by atoms with Crippen LogP contribution in [0, 0.1) is 0 Å². The monoisotopic (exact) mass is 233 g/mol. The predicted octanol–water partition coefficient (Wildman–Crippen LogP) is 0.805. The van der Waals surface area contributed by atoms with Crippen molar-refractivity contribution in [1.29, 1.82) is 0 Å². The maximum absolute atomic E-state index is 10.8. The third-order valence-corrected chi connectivity index (χ3v) is 4.17. The molecule has 3 rings (SSSR count). The molecule has 1 aromatic rings. The highest BCUT2D eigenvalue weighted by molar-refractivity contribution is 5.33. The molecule has 0 aromatic carbocycles. The first-order chi connectivity index (χ1) is 8.17. The van der Waals surface area contributed by atoms with Crippen molar-refractivity contribution in [1.82, 2.24) is 9.88 Å². The smallest absolute Gasteiger partial charge is 0.123 e. The van der Waals surface area contributed by atoms with Crippen molar-refractivity contribution in [2.75, 3.05) is 18.8 Å². The van der Waals surface area contributed by atoms with Gasteiger partial charge >= 0.3 is 0 Å². The first kappa shape index (κ1) is 11.0. The fourth-order valence-electron chi connectivity index (χ4n) is 3.37. The number of hydrogen-bond donors (Lipinski definition) is 2. The van der Waals surface area contributed by atoms with Crippen LogP contribution < -0.4 is 5.73 Å².